The number of hydrogen-bond acceptors (Lipinski definition) is 4. The maximum atomic E-state index is 8.65. The maximum Gasteiger partial charge on any atom is 0.123 e. The molecule has 4 heteroatoms. The molecule has 1 aromatic rings. The van der Waals surface area contributed by atoms with Crippen molar-refractivity contribution in [2.75, 3.05) is 25.2 Å². The molecule has 0 aliphatic carbocycles. The van der Waals surface area contributed by atoms with Crippen molar-refractivity contribution in [2.45, 2.75) is 12.2 Å². The van der Waals surface area contributed by atoms with Gasteiger partial charge in [-0.3, -0.25) is 0 Å². The largest absolute Gasteiger partial charge is 0.496 e. The molecular formula is C11H17NO2S. The van der Waals surface area contributed by atoms with Gasteiger partial charge in [-0.15, -0.1) is 0 Å². The number of methoxy groups -OCH3 is 1. The van der Waals surface area contributed by atoms with E-state index in [1.165, 1.54) is 0 Å². The Morgan fingerprint density at radius 2 is 2.27 bits per heavy atom. The molecule has 0 saturated heterocycles. The Kier molecular flexibility index (Phi) is 5.36. The molecular weight excluding hydrogens is 210 g/mol. The molecule has 0 heterocycles. The summed E-state index contributed by atoms with van der Waals surface area (Å²) in [6, 6.07) is 5.66. The zero-order valence-corrected chi connectivity index (χ0v) is 9.72. The van der Waals surface area contributed by atoms with Gasteiger partial charge in [-0.2, -0.15) is 11.8 Å². The molecule has 3 nitrogen and oxygen atoms in total. The summed E-state index contributed by atoms with van der Waals surface area (Å²) in [5.74, 6) is 2.70. The van der Waals surface area contributed by atoms with Crippen LogP contribution in [0.3, 0.4) is 0 Å². The van der Waals surface area contributed by atoms with Crippen LogP contribution in [0, 0.1) is 0 Å². The van der Waals surface area contributed by atoms with Crippen molar-refractivity contribution in [3.63, 3.8) is 0 Å². The van der Waals surface area contributed by atoms with E-state index in [0.29, 0.717) is 0 Å². The average Bonchev–Trinajstić information content (AvgIpc) is 2.25. The SMILES string of the molecule is COc1ccc(N)cc1CSCCCO. The van der Waals surface area contributed by atoms with Crippen LogP contribution in [0.15, 0.2) is 18.2 Å². The monoisotopic (exact) mass is 227 g/mol. The van der Waals surface area contributed by atoms with Crippen molar-refractivity contribution in [3.8, 4) is 5.75 Å². The number of nitrogens with two attached hydrogens (primary N) is 1. The lowest BCUT2D eigenvalue weighted by molar-refractivity contribution is 0.296. The maximum absolute atomic E-state index is 8.65. The average molecular weight is 227 g/mol. The van der Waals surface area contributed by atoms with E-state index in [1.807, 2.05) is 18.2 Å². The van der Waals surface area contributed by atoms with Crippen molar-refractivity contribution in [1.82, 2.24) is 0 Å². The van der Waals surface area contributed by atoms with E-state index in [2.05, 4.69) is 0 Å². The van der Waals surface area contributed by atoms with Crippen LogP contribution in [0.25, 0.3) is 0 Å². The van der Waals surface area contributed by atoms with Gasteiger partial charge in [0.15, 0.2) is 0 Å². The minimum absolute atomic E-state index is 0.251. The Hall–Kier alpha value is -0.870. The van der Waals surface area contributed by atoms with Gasteiger partial charge in [-0.05, 0) is 30.4 Å². The first-order valence-electron chi connectivity index (χ1n) is 4.89. The predicted octanol–water partition coefficient (Wildman–Crippen LogP) is 1.89. The van der Waals surface area contributed by atoms with Crippen LogP contribution in [-0.2, 0) is 5.75 Å². The van der Waals surface area contributed by atoms with E-state index in [9.17, 15) is 0 Å². The summed E-state index contributed by atoms with van der Waals surface area (Å²) in [4.78, 5) is 0. The molecule has 0 amide bonds. The van der Waals surface area contributed by atoms with Gasteiger partial charge < -0.3 is 15.6 Å². The van der Waals surface area contributed by atoms with Crippen molar-refractivity contribution < 1.29 is 9.84 Å². The molecule has 15 heavy (non-hydrogen) atoms. The molecule has 0 aliphatic heterocycles. The Labute approximate surface area is 94.6 Å². The molecule has 0 unspecified atom stereocenters. The number of nitrogen functional groups attached to an aromatic ring is 1. The molecule has 0 aromatic heterocycles. The van der Waals surface area contributed by atoms with E-state index in [0.717, 1.165) is 34.9 Å². The Bertz CT molecular complexity index is 305. The quantitative estimate of drug-likeness (QED) is 0.575. The normalized spacial score (nSPS) is 10.3. The fraction of sp³-hybridized carbons (Fsp3) is 0.455. The molecule has 0 atom stereocenters. The summed E-state index contributed by atoms with van der Waals surface area (Å²) in [5.41, 5.74) is 7.58. The summed E-state index contributed by atoms with van der Waals surface area (Å²) in [6.45, 7) is 0.251. The van der Waals surface area contributed by atoms with Crippen molar-refractivity contribution in [1.29, 1.82) is 0 Å². The fourth-order valence-electron chi connectivity index (χ4n) is 1.26. The Balaban J connectivity index is 2.54. The lowest BCUT2D eigenvalue weighted by atomic mass is 10.2. The van der Waals surface area contributed by atoms with Gasteiger partial charge in [-0.25, -0.2) is 0 Å². The number of benzene rings is 1. The van der Waals surface area contributed by atoms with Crippen molar-refractivity contribution in [2.24, 2.45) is 0 Å². The second kappa shape index (κ2) is 6.58. The van der Waals surface area contributed by atoms with E-state index in [1.54, 1.807) is 18.9 Å². The number of hydrogen-bond donors (Lipinski definition) is 2. The molecule has 1 rings (SSSR count). The first kappa shape index (κ1) is 12.2. The topological polar surface area (TPSA) is 55.5 Å². The van der Waals surface area contributed by atoms with Crippen LogP contribution in [-0.4, -0.2) is 24.6 Å². The van der Waals surface area contributed by atoms with Gasteiger partial charge in [0.25, 0.3) is 0 Å². The highest BCUT2D eigenvalue weighted by molar-refractivity contribution is 7.98. The van der Waals surface area contributed by atoms with Crippen molar-refractivity contribution >= 4 is 17.4 Å². The molecule has 3 N–H and O–H groups in total. The van der Waals surface area contributed by atoms with Crippen LogP contribution in [0.1, 0.15) is 12.0 Å². The van der Waals surface area contributed by atoms with Crippen LogP contribution < -0.4 is 10.5 Å². The zero-order chi connectivity index (χ0) is 11.1. The minimum atomic E-state index is 0.251. The third-order valence-electron chi connectivity index (χ3n) is 2.01. The molecule has 0 saturated carbocycles. The second-order valence-corrected chi connectivity index (χ2v) is 4.31. The summed E-state index contributed by atoms with van der Waals surface area (Å²) >= 11 is 1.77. The van der Waals surface area contributed by atoms with Gasteiger partial charge in [0.05, 0.1) is 7.11 Å². The summed E-state index contributed by atoms with van der Waals surface area (Å²) in [7, 11) is 1.66. The second-order valence-electron chi connectivity index (χ2n) is 3.20. The van der Waals surface area contributed by atoms with Crippen LogP contribution in [0.4, 0.5) is 5.69 Å². The van der Waals surface area contributed by atoms with Crippen LogP contribution in [0.2, 0.25) is 0 Å². The number of ether oxygens (including phenoxy) is 1. The first-order valence-corrected chi connectivity index (χ1v) is 6.04. The first-order chi connectivity index (χ1) is 7.27. The Morgan fingerprint density at radius 3 is 2.93 bits per heavy atom. The van der Waals surface area contributed by atoms with Crippen LogP contribution >= 0.6 is 11.8 Å². The number of aliphatic hydroxyl groups is 1. The van der Waals surface area contributed by atoms with Crippen molar-refractivity contribution in [3.05, 3.63) is 23.8 Å². The Morgan fingerprint density at radius 1 is 1.47 bits per heavy atom. The molecule has 0 fully saturated rings. The van der Waals surface area contributed by atoms with E-state index in [-0.39, 0.29) is 6.61 Å². The smallest absolute Gasteiger partial charge is 0.123 e. The highest BCUT2D eigenvalue weighted by Gasteiger charge is 2.03. The molecule has 0 spiro atoms. The lowest BCUT2D eigenvalue weighted by Crippen LogP contribution is -1.94. The molecule has 1 aromatic carbocycles. The number of thioether (sulfide) groups is 1. The summed E-state index contributed by atoms with van der Waals surface area (Å²) in [5, 5.41) is 8.65. The summed E-state index contributed by atoms with van der Waals surface area (Å²) in [6.07, 6.45) is 0.829. The summed E-state index contributed by atoms with van der Waals surface area (Å²) < 4.78 is 5.24. The van der Waals surface area contributed by atoms with E-state index >= 15 is 0 Å². The molecule has 84 valence electrons. The lowest BCUT2D eigenvalue weighted by Gasteiger charge is -2.08. The third-order valence-corrected chi connectivity index (χ3v) is 3.10. The highest BCUT2D eigenvalue weighted by atomic mass is 32.2. The minimum Gasteiger partial charge on any atom is -0.496 e. The fourth-order valence-corrected chi connectivity index (χ4v) is 2.18. The third kappa shape index (κ3) is 4.01. The van der Waals surface area contributed by atoms with E-state index in [4.69, 9.17) is 15.6 Å². The molecule has 0 aliphatic rings. The number of rotatable bonds is 6. The standard InChI is InChI=1S/C11H17NO2S/c1-14-11-4-3-10(12)7-9(11)8-15-6-2-5-13/h3-4,7,13H,2,5-6,8,12H2,1H3. The van der Waals surface area contributed by atoms with Gasteiger partial charge in [0, 0.05) is 23.6 Å². The number of anilines is 1. The van der Waals surface area contributed by atoms with Gasteiger partial charge in [0.1, 0.15) is 5.75 Å². The molecule has 0 bridgehead atoms. The number of aliphatic hydroxyl groups excluding tert-OH is 1. The highest BCUT2D eigenvalue weighted by Crippen LogP contribution is 2.25. The van der Waals surface area contributed by atoms with Crippen LogP contribution in [0.5, 0.6) is 5.75 Å². The van der Waals surface area contributed by atoms with Gasteiger partial charge in [0.2, 0.25) is 0 Å². The predicted molar refractivity (Wildman–Crippen MR) is 65.3 cm³/mol. The van der Waals surface area contributed by atoms with Gasteiger partial charge in [-0.1, -0.05) is 0 Å². The zero-order valence-electron chi connectivity index (χ0n) is 8.90. The van der Waals surface area contributed by atoms with E-state index < -0.39 is 0 Å². The molecule has 0 radical (unpaired) electrons. The van der Waals surface area contributed by atoms with Gasteiger partial charge >= 0.3 is 0 Å².